The first kappa shape index (κ1) is 49.5. The molecule has 0 bridgehead atoms. The van der Waals surface area contributed by atoms with E-state index in [-0.39, 0.29) is 0 Å². The monoisotopic (exact) mass is 883 g/mol. The third-order valence-corrected chi connectivity index (χ3v) is 10.9. The van der Waals surface area contributed by atoms with Crippen LogP contribution >= 0.6 is 0 Å². The van der Waals surface area contributed by atoms with Crippen molar-refractivity contribution in [1.29, 1.82) is 0 Å². The number of amides is 1. The number of ether oxygens (including phenoxy) is 10. The van der Waals surface area contributed by atoms with Crippen LogP contribution in [0.1, 0.15) is 6.92 Å². The fraction of sp³-hybridized carbons (Fsp3) is 0.970. The smallest absolute Gasteiger partial charge is 0.217 e. The standard InChI is InChI=1S/C33H57NO26/c1-8(40)34-14-27(59-31-21(47)18(44)15(41)9(3-35)53-31)16(42)10(4-36)52-29(14)60-28-17(43)11(5-37)54-33(24(28)50)58-26-13(7-39)56-32(23(49)20(26)46)57-25-12(6-38)55-30(51-2)22(48)19(25)45/h9-33,35-39,41-50H,3-7H2,1-2H3,(H,34,40)/t9?,10?,11?,12?,13?,14?,15-,16-,17-,18-,19+,20+,21?,22?,23?,24?,25+,26-,27+,28-,29-,30+,31-,32-,33+/m0/s1. The lowest BCUT2D eigenvalue weighted by molar-refractivity contribution is -0.388. The Morgan fingerprint density at radius 2 is 0.767 bits per heavy atom. The third-order valence-electron chi connectivity index (χ3n) is 10.9. The highest BCUT2D eigenvalue weighted by Gasteiger charge is 2.57. The Morgan fingerprint density at radius 1 is 0.417 bits per heavy atom. The van der Waals surface area contributed by atoms with Crippen LogP contribution in [0.25, 0.3) is 0 Å². The summed E-state index contributed by atoms with van der Waals surface area (Å²) in [5.41, 5.74) is 0. The molecule has 5 rings (SSSR count). The highest BCUT2D eigenvalue weighted by molar-refractivity contribution is 5.73. The summed E-state index contributed by atoms with van der Waals surface area (Å²) in [6.45, 7) is -3.45. The maximum atomic E-state index is 12.4. The highest BCUT2D eigenvalue weighted by Crippen LogP contribution is 2.36. The lowest BCUT2D eigenvalue weighted by Gasteiger charge is -2.50. The zero-order valence-electron chi connectivity index (χ0n) is 32.2. The lowest BCUT2D eigenvalue weighted by atomic mass is 9.94. The van der Waals surface area contributed by atoms with Crippen molar-refractivity contribution in [2.75, 3.05) is 40.1 Å². The molecule has 0 spiro atoms. The SMILES string of the molecule is CO[C@@H]1OC(CO)[C@@H](O[C@@H]2OC(CO)[C@H](O[C@H]3OC(CO)[C@H](O)[C@H](O[C@@H]4OC(CO)[C@H](O)[C@H](O[C@@H]5OC(CO)[C@H](O)[C@H](O)C5O)C4NC(C)=O)C3O)[C@H](O)C2O)[C@H](O)C1O. The molecule has 16 N–H and O–H groups in total. The summed E-state index contributed by atoms with van der Waals surface area (Å²) >= 11 is 0. The van der Waals surface area contributed by atoms with Crippen molar-refractivity contribution < 1.29 is 129 Å². The second kappa shape index (κ2) is 21.4. The number of carbonyl (C=O) groups excluding carboxylic acids is 1. The summed E-state index contributed by atoms with van der Waals surface area (Å²) in [7, 11) is 1.17. The summed E-state index contributed by atoms with van der Waals surface area (Å²) in [6, 6.07) is -1.67. The van der Waals surface area contributed by atoms with Gasteiger partial charge in [0, 0.05) is 14.0 Å². The minimum absolute atomic E-state index is 0.766. The zero-order valence-corrected chi connectivity index (χ0v) is 32.2. The van der Waals surface area contributed by atoms with E-state index in [1.54, 1.807) is 0 Å². The first-order chi connectivity index (χ1) is 28.5. The molecule has 25 atom stereocenters. The number of aliphatic hydroxyl groups is 15. The van der Waals surface area contributed by atoms with Crippen LogP contribution < -0.4 is 5.32 Å². The van der Waals surface area contributed by atoms with E-state index >= 15 is 0 Å². The van der Waals surface area contributed by atoms with Crippen molar-refractivity contribution in [1.82, 2.24) is 5.32 Å². The molecule has 5 fully saturated rings. The number of aliphatic hydroxyl groups excluding tert-OH is 15. The third kappa shape index (κ3) is 10.2. The molecule has 0 aliphatic carbocycles. The Labute approximate surface area is 340 Å². The zero-order chi connectivity index (χ0) is 44.3. The van der Waals surface area contributed by atoms with Crippen LogP contribution in [0, 0.1) is 0 Å². The molecule has 0 aromatic heterocycles. The van der Waals surface area contributed by atoms with Gasteiger partial charge in [0.1, 0.15) is 122 Å². The van der Waals surface area contributed by atoms with Crippen LogP contribution in [0.15, 0.2) is 0 Å². The van der Waals surface area contributed by atoms with Gasteiger partial charge in [-0.1, -0.05) is 0 Å². The molecule has 5 aliphatic rings. The average Bonchev–Trinajstić information content (AvgIpc) is 3.23. The van der Waals surface area contributed by atoms with Gasteiger partial charge >= 0.3 is 0 Å². The van der Waals surface area contributed by atoms with Gasteiger partial charge in [-0.3, -0.25) is 4.79 Å². The Morgan fingerprint density at radius 3 is 1.23 bits per heavy atom. The van der Waals surface area contributed by atoms with Gasteiger partial charge in [-0.2, -0.15) is 0 Å². The number of nitrogens with one attached hydrogen (secondary N) is 1. The molecule has 5 aliphatic heterocycles. The van der Waals surface area contributed by atoms with Crippen molar-refractivity contribution >= 4 is 5.91 Å². The molecule has 27 nitrogen and oxygen atoms in total. The van der Waals surface area contributed by atoms with E-state index in [0.29, 0.717) is 0 Å². The summed E-state index contributed by atoms with van der Waals surface area (Å²) in [5, 5.41) is 161. The predicted molar refractivity (Wildman–Crippen MR) is 183 cm³/mol. The lowest BCUT2D eigenvalue weighted by Crippen LogP contribution is -2.70. The minimum Gasteiger partial charge on any atom is -0.394 e. The maximum absolute atomic E-state index is 12.4. The van der Waals surface area contributed by atoms with E-state index in [2.05, 4.69) is 5.32 Å². The Kier molecular flexibility index (Phi) is 17.7. The molecule has 5 heterocycles. The van der Waals surface area contributed by atoms with Gasteiger partial charge in [0.25, 0.3) is 0 Å². The molecule has 27 heteroatoms. The van der Waals surface area contributed by atoms with Gasteiger partial charge in [0.15, 0.2) is 31.5 Å². The number of hydrogen-bond donors (Lipinski definition) is 16. The van der Waals surface area contributed by atoms with Crippen LogP contribution in [0.5, 0.6) is 0 Å². The largest absolute Gasteiger partial charge is 0.394 e. The molecule has 10 unspecified atom stereocenters. The Bertz CT molecular complexity index is 1340. The van der Waals surface area contributed by atoms with Crippen LogP contribution in [0.4, 0.5) is 0 Å². The van der Waals surface area contributed by atoms with Crippen LogP contribution in [-0.4, -0.2) is 276 Å². The highest BCUT2D eigenvalue weighted by atomic mass is 16.8. The second-order valence-corrected chi connectivity index (χ2v) is 14.9. The first-order valence-electron chi connectivity index (χ1n) is 19.0. The van der Waals surface area contributed by atoms with E-state index in [1.165, 1.54) is 7.11 Å². The Hall–Kier alpha value is -1.53. The predicted octanol–water partition coefficient (Wildman–Crippen LogP) is -11.1. The molecular formula is C33H57NO26. The van der Waals surface area contributed by atoms with E-state index in [1.807, 2.05) is 0 Å². The van der Waals surface area contributed by atoms with Gasteiger partial charge in [0.2, 0.25) is 5.91 Å². The molecule has 350 valence electrons. The van der Waals surface area contributed by atoms with Crippen molar-refractivity contribution in [2.45, 2.75) is 160 Å². The summed E-state index contributed by atoms with van der Waals surface area (Å²) < 4.78 is 55.7. The van der Waals surface area contributed by atoms with Gasteiger partial charge in [-0.05, 0) is 0 Å². The first-order valence-corrected chi connectivity index (χ1v) is 19.0. The fourth-order valence-corrected chi connectivity index (χ4v) is 7.61. The molecule has 0 aromatic rings. The minimum atomic E-state index is -2.14. The van der Waals surface area contributed by atoms with Crippen molar-refractivity contribution in [3.8, 4) is 0 Å². The topological polar surface area (TPSA) is 425 Å². The summed E-state index contributed by atoms with van der Waals surface area (Å²) in [6.07, 6.45) is -43.0. The van der Waals surface area contributed by atoms with E-state index in [0.717, 1.165) is 6.92 Å². The van der Waals surface area contributed by atoms with E-state index in [9.17, 15) is 81.4 Å². The van der Waals surface area contributed by atoms with E-state index < -0.39 is 192 Å². The maximum Gasteiger partial charge on any atom is 0.217 e. The van der Waals surface area contributed by atoms with Crippen LogP contribution in [-0.2, 0) is 52.2 Å². The molecule has 60 heavy (non-hydrogen) atoms. The summed E-state index contributed by atoms with van der Waals surface area (Å²) in [5.74, 6) is -0.799. The van der Waals surface area contributed by atoms with Gasteiger partial charge in [0.05, 0.1) is 33.0 Å². The van der Waals surface area contributed by atoms with Gasteiger partial charge < -0.3 is 129 Å². The van der Waals surface area contributed by atoms with Crippen molar-refractivity contribution in [3.63, 3.8) is 0 Å². The number of hydrogen-bond acceptors (Lipinski definition) is 26. The van der Waals surface area contributed by atoms with Gasteiger partial charge in [-0.15, -0.1) is 0 Å². The normalized spacial score (nSPS) is 50.3. The molecule has 1 amide bonds. The van der Waals surface area contributed by atoms with Gasteiger partial charge in [-0.25, -0.2) is 0 Å². The van der Waals surface area contributed by atoms with Crippen molar-refractivity contribution in [3.05, 3.63) is 0 Å². The van der Waals surface area contributed by atoms with Crippen molar-refractivity contribution in [2.24, 2.45) is 0 Å². The number of carbonyl (C=O) groups is 1. The molecule has 0 saturated carbocycles. The Balaban J connectivity index is 1.35. The quantitative estimate of drug-likeness (QED) is 0.0726. The fourth-order valence-electron chi connectivity index (χ4n) is 7.61. The van der Waals surface area contributed by atoms with Crippen LogP contribution in [0.2, 0.25) is 0 Å². The van der Waals surface area contributed by atoms with E-state index in [4.69, 9.17) is 47.4 Å². The number of rotatable bonds is 15. The van der Waals surface area contributed by atoms with Crippen LogP contribution in [0.3, 0.4) is 0 Å². The second-order valence-electron chi connectivity index (χ2n) is 14.9. The molecule has 0 radical (unpaired) electrons. The number of methoxy groups -OCH3 is 1. The average molecular weight is 884 g/mol. The summed E-state index contributed by atoms with van der Waals surface area (Å²) in [4.78, 5) is 12.4. The molecule has 5 saturated heterocycles. The molecular weight excluding hydrogens is 826 g/mol. The molecule has 0 aromatic carbocycles.